The highest BCUT2D eigenvalue weighted by Crippen LogP contribution is 2.24. The molecule has 102 valence electrons. The average Bonchev–Trinajstić information content (AvgIpc) is 2.35. The molecule has 1 aromatic carbocycles. The van der Waals surface area contributed by atoms with E-state index in [1.807, 2.05) is 0 Å². The lowest BCUT2D eigenvalue weighted by Crippen LogP contribution is -2.36. The summed E-state index contributed by atoms with van der Waals surface area (Å²) in [4.78, 5) is 34.3. The molecule has 1 rings (SSSR count). The quantitative estimate of drug-likeness (QED) is 0.661. The van der Waals surface area contributed by atoms with Crippen LogP contribution in [0.5, 0.6) is 0 Å². The summed E-state index contributed by atoms with van der Waals surface area (Å²) in [6.45, 7) is -0.178. The molecular weight excluding hydrogens is 274 g/mol. The predicted octanol–water partition coefficient (Wildman–Crippen LogP) is 1.07. The van der Waals surface area contributed by atoms with Gasteiger partial charge in [-0.3, -0.25) is 19.7 Å². The van der Waals surface area contributed by atoms with Gasteiger partial charge in [0, 0.05) is 25.7 Å². The topological polar surface area (TPSA) is 92.6 Å². The summed E-state index contributed by atoms with van der Waals surface area (Å²) < 4.78 is 0. The van der Waals surface area contributed by atoms with Crippen molar-refractivity contribution in [1.29, 1.82) is 0 Å². The van der Waals surface area contributed by atoms with Crippen LogP contribution < -0.4 is 5.32 Å². The highest BCUT2D eigenvalue weighted by Gasteiger charge is 2.16. The first-order valence-corrected chi connectivity index (χ1v) is 5.63. The number of hydrogen-bond acceptors (Lipinski definition) is 4. The fourth-order valence-electron chi connectivity index (χ4n) is 1.21. The highest BCUT2D eigenvalue weighted by atomic mass is 35.5. The number of likely N-dealkylation sites (N-methyl/N-ethyl adjacent to an activating group) is 1. The third-order valence-corrected chi connectivity index (χ3v) is 2.62. The molecule has 0 spiro atoms. The van der Waals surface area contributed by atoms with Gasteiger partial charge in [-0.1, -0.05) is 11.6 Å². The van der Waals surface area contributed by atoms with Crippen molar-refractivity contribution in [3.63, 3.8) is 0 Å². The molecule has 8 heteroatoms. The van der Waals surface area contributed by atoms with Gasteiger partial charge in [-0.05, 0) is 12.1 Å². The van der Waals surface area contributed by atoms with Gasteiger partial charge in [0.05, 0.1) is 11.5 Å². The average molecular weight is 286 g/mol. The van der Waals surface area contributed by atoms with E-state index in [-0.39, 0.29) is 28.7 Å². The maximum Gasteiger partial charge on any atom is 0.288 e. The molecule has 1 N–H and O–H groups in total. The summed E-state index contributed by atoms with van der Waals surface area (Å²) in [6.07, 6.45) is 0. The number of rotatable bonds is 4. The molecule has 0 radical (unpaired) electrons. The Morgan fingerprint density at radius 3 is 2.58 bits per heavy atom. The zero-order chi connectivity index (χ0) is 14.6. The van der Waals surface area contributed by atoms with Gasteiger partial charge in [0.15, 0.2) is 0 Å². The normalized spacial score (nSPS) is 9.84. The molecule has 1 aromatic rings. The molecular formula is C11H12ClN3O4. The maximum atomic E-state index is 11.7. The van der Waals surface area contributed by atoms with Crippen LogP contribution in [-0.4, -0.2) is 42.3 Å². The lowest BCUT2D eigenvalue weighted by atomic mass is 10.2. The minimum absolute atomic E-state index is 0.0501. The number of amides is 2. The standard InChI is InChI=1S/C11H12ClN3O4/c1-14(2)10(16)6-13-11(17)7-3-4-8(12)9(5-7)15(18)19/h3-5H,6H2,1-2H3,(H,13,17). The van der Waals surface area contributed by atoms with Crippen molar-refractivity contribution in [1.82, 2.24) is 10.2 Å². The SMILES string of the molecule is CN(C)C(=O)CNC(=O)c1ccc(Cl)c([N+](=O)[O-])c1. The molecule has 0 aliphatic heterocycles. The monoisotopic (exact) mass is 285 g/mol. The summed E-state index contributed by atoms with van der Waals surface area (Å²) in [6, 6.07) is 3.69. The second-order valence-corrected chi connectivity index (χ2v) is 4.30. The Balaban J connectivity index is 2.81. The Bertz CT molecular complexity index is 531. The van der Waals surface area contributed by atoms with Crippen molar-refractivity contribution in [3.8, 4) is 0 Å². The molecule has 0 unspecified atom stereocenters. The second-order valence-electron chi connectivity index (χ2n) is 3.89. The van der Waals surface area contributed by atoms with E-state index in [1.54, 1.807) is 14.1 Å². The van der Waals surface area contributed by atoms with Crippen molar-refractivity contribution in [3.05, 3.63) is 38.9 Å². The fraction of sp³-hybridized carbons (Fsp3) is 0.273. The first-order chi connectivity index (χ1) is 8.82. The van der Waals surface area contributed by atoms with Crippen LogP contribution in [0.1, 0.15) is 10.4 Å². The van der Waals surface area contributed by atoms with E-state index in [0.29, 0.717) is 0 Å². The number of hydrogen-bond donors (Lipinski definition) is 1. The first kappa shape index (κ1) is 14.9. The minimum atomic E-state index is -0.677. The van der Waals surface area contributed by atoms with Crippen LogP contribution in [0.4, 0.5) is 5.69 Å². The van der Waals surface area contributed by atoms with Gasteiger partial charge >= 0.3 is 0 Å². The number of halogens is 1. The molecule has 0 atom stereocenters. The molecule has 0 aliphatic rings. The molecule has 0 aliphatic carbocycles. The minimum Gasteiger partial charge on any atom is -0.347 e. The van der Waals surface area contributed by atoms with Crippen LogP contribution in [0, 0.1) is 10.1 Å². The lowest BCUT2D eigenvalue weighted by Gasteiger charge is -2.10. The number of nitro benzene ring substituents is 1. The zero-order valence-corrected chi connectivity index (χ0v) is 11.1. The second kappa shape index (κ2) is 6.14. The van der Waals surface area contributed by atoms with Gasteiger partial charge in [0.25, 0.3) is 11.6 Å². The highest BCUT2D eigenvalue weighted by molar-refractivity contribution is 6.32. The summed E-state index contributed by atoms with van der Waals surface area (Å²) in [5.74, 6) is -0.855. The largest absolute Gasteiger partial charge is 0.347 e. The van der Waals surface area contributed by atoms with Crippen LogP contribution in [0.2, 0.25) is 5.02 Å². The third-order valence-electron chi connectivity index (χ3n) is 2.30. The van der Waals surface area contributed by atoms with E-state index >= 15 is 0 Å². The smallest absolute Gasteiger partial charge is 0.288 e. The van der Waals surface area contributed by atoms with Crippen molar-refractivity contribution in [2.75, 3.05) is 20.6 Å². The van der Waals surface area contributed by atoms with Crippen molar-refractivity contribution in [2.24, 2.45) is 0 Å². The molecule has 19 heavy (non-hydrogen) atoms. The van der Waals surface area contributed by atoms with Gasteiger partial charge in [0.1, 0.15) is 5.02 Å². The number of carbonyl (C=O) groups is 2. The van der Waals surface area contributed by atoms with Crippen LogP contribution in [0.3, 0.4) is 0 Å². The zero-order valence-electron chi connectivity index (χ0n) is 10.3. The van der Waals surface area contributed by atoms with E-state index in [4.69, 9.17) is 11.6 Å². The molecule has 0 heterocycles. The van der Waals surface area contributed by atoms with Crippen LogP contribution in [-0.2, 0) is 4.79 Å². The van der Waals surface area contributed by atoms with Gasteiger partial charge < -0.3 is 10.2 Å². The molecule has 0 saturated heterocycles. The third kappa shape index (κ3) is 3.92. The number of benzene rings is 1. The Labute approximate surface area is 114 Å². The van der Waals surface area contributed by atoms with Gasteiger partial charge in [-0.25, -0.2) is 0 Å². The summed E-state index contributed by atoms with van der Waals surface area (Å²) >= 11 is 5.63. The molecule has 0 bridgehead atoms. The van der Waals surface area contributed by atoms with E-state index in [1.165, 1.54) is 17.0 Å². The van der Waals surface area contributed by atoms with E-state index in [0.717, 1.165) is 6.07 Å². The number of carbonyl (C=O) groups excluding carboxylic acids is 2. The van der Waals surface area contributed by atoms with Gasteiger partial charge in [-0.15, -0.1) is 0 Å². The Kier molecular flexibility index (Phi) is 4.82. The fourth-order valence-corrected chi connectivity index (χ4v) is 1.40. The lowest BCUT2D eigenvalue weighted by molar-refractivity contribution is -0.384. The molecule has 0 fully saturated rings. The Morgan fingerprint density at radius 1 is 1.42 bits per heavy atom. The molecule has 7 nitrogen and oxygen atoms in total. The Hall–Kier alpha value is -2.15. The number of nitrogens with one attached hydrogen (secondary N) is 1. The first-order valence-electron chi connectivity index (χ1n) is 5.25. The number of nitrogens with zero attached hydrogens (tertiary/aromatic N) is 2. The maximum absolute atomic E-state index is 11.7. The van der Waals surface area contributed by atoms with E-state index < -0.39 is 10.8 Å². The molecule has 0 saturated carbocycles. The Morgan fingerprint density at radius 2 is 2.05 bits per heavy atom. The molecule has 0 aromatic heterocycles. The summed E-state index contributed by atoms with van der Waals surface area (Å²) in [5.41, 5.74) is -0.282. The van der Waals surface area contributed by atoms with Crippen LogP contribution >= 0.6 is 11.6 Å². The van der Waals surface area contributed by atoms with Crippen molar-refractivity contribution in [2.45, 2.75) is 0 Å². The van der Waals surface area contributed by atoms with Gasteiger partial charge in [-0.2, -0.15) is 0 Å². The predicted molar refractivity (Wildman–Crippen MR) is 69.1 cm³/mol. The summed E-state index contributed by atoms with van der Waals surface area (Å²) in [5, 5.41) is 13.0. The van der Waals surface area contributed by atoms with E-state index in [9.17, 15) is 19.7 Å². The van der Waals surface area contributed by atoms with Crippen molar-refractivity contribution < 1.29 is 14.5 Å². The van der Waals surface area contributed by atoms with Crippen LogP contribution in [0.25, 0.3) is 0 Å². The van der Waals surface area contributed by atoms with Crippen molar-refractivity contribution >= 4 is 29.1 Å². The number of nitro groups is 1. The summed E-state index contributed by atoms with van der Waals surface area (Å²) in [7, 11) is 3.11. The van der Waals surface area contributed by atoms with E-state index in [2.05, 4.69) is 5.32 Å². The van der Waals surface area contributed by atoms with Gasteiger partial charge in [0.2, 0.25) is 5.91 Å². The molecule has 2 amide bonds. The van der Waals surface area contributed by atoms with Crippen LogP contribution in [0.15, 0.2) is 18.2 Å².